The molecule has 0 aliphatic carbocycles. The van der Waals surface area contributed by atoms with Gasteiger partial charge < -0.3 is 10.2 Å². The van der Waals surface area contributed by atoms with E-state index in [1.807, 2.05) is 13.8 Å². The van der Waals surface area contributed by atoms with Crippen LogP contribution in [-0.4, -0.2) is 50.0 Å². The highest BCUT2D eigenvalue weighted by molar-refractivity contribution is 7.91. The number of amides is 2. The second-order valence-electron chi connectivity index (χ2n) is 4.09. The van der Waals surface area contributed by atoms with Crippen LogP contribution in [0, 0.1) is 0 Å². The molecular weight excluding hydrogens is 228 g/mol. The van der Waals surface area contributed by atoms with E-state index in [9.17, 15) is 13.2 Å². The van der Waals surface area contributed by atoms with Gasteiger partial charge in [0.05, 0.1) is 11.5 Å². The molecule has 1 fully saturated rings. The number of carbonyl (C=O) groups excluding carboxylic acids is 1. The fraction of sp³-hybridized carbons (Fsp3) is 0.900. The van der Waals surface area contributed by atoms with Crippen LogP contribution in [0.5, 0.6) is 0 Å². The minimum atomic E-state index is -2.93. The first kappa shape index (κ1) is 13.3. The van der Waals surface area contributed by atoms with Gasteiger partial charge in [0.1, 0.15) is 0 Å². The Bertz CT molecular complexity index is 340. The van der Waals surface area contributed by atoms with Crippen LogP contribution in [0.1, 0.15) is 26.7 Å². The topological polar surface area (TPSA) is 66.5 Å². The van der Waals surface area contributed by atoms with Crippen LogP contribution in [0.25, 0.3) is 0 Å². The average Bonchev–Trinajstić information content (AvgIpc) is 2.55. The highest BCUT2D eigenvalue weighted by Crippen LogP contribution is 2.18. The van der Waals surface area contributed by atoms with Crippen molar-refractivity contribution in [2.24, 2.45) is 0 Å². The molecule has 1 unspecified atom stereocenters. The van der Waals surface area contributed by atoms with Crippen LogP contribution in [0.4, 0.5) is 4.79 Å². The zero-order valence-corrected chi connectivity index (χ0v) is 10.7. The van der Waals surface area contributed by atoms with E-state index >= 15 is 0 Å². The summed E-state index contributed by atoms with van der Waals surface area (Å²) in [6.45, 7) is 5.02. The molecule has 1 heterocycles. The van der Waals surface area contributed by atoms with E-state index in [1.54, 1.807) is 4.90 Å². The second-order valence-corrected chi connectivity index (χ2v) is 6.31. The summed E-state index contributed by atoms with van der Waals surface area (Å²) in [7, 11) is -2.93. The SMILES string of the molecule is CCCN(C(=O)NCC)C1CCS(=O)(=O)C1. The van der Waals surface area contributed by atoms with Crippen LogP contribution >= 0.6 is 0 Å². The van der Waals surface area contributed by atoms with Crippen molar-refractivity contribution in [3.8, 4) is 0 Å². The predicted molar refractivity (Wildman–Crippen MR) is 63.1 cm³/mol. The van der Waals surface area contributed by atoms with E-state index in [-0.39, 0.29) is 23.6 Å². The quantitative estimate of drug-likeness (QED) is 0.793. The lowest BCUT2D eigenvalue weighted by atomic mass is 10.2. The molecule has 0 bridgehead atoms. The number of sulfone groups is 1. The Hall–Kier alpha value is -0.780. The van der Waals surface area contributed by atoms with Crippen molar-refractivity contribution in [1.29, 1.82) is 0 Å². The molecule has 94 valence electrons. The first-order chi connectivity index (χ1) is 7.50. The fourth-order valence-electron chi connectivity index (χ4n) is 1.96. The first-order valence-corrected chi connectivity index (χ1v) is 7.57. The van der Waals surface area contributed by atoms with Gasteiger partial charge >= 0.3 is 6.03 Å². The molecule has 1 N–H and O–H groups in total. The number of hydrogen-bond donors (Lipinski definition) is 1. The maximum absolute atomic E-state index is 11.8. The molecule has 6 heteroatoms. The standard InChI is InChI=1S/C10H20N2O3S/c1-3-6-12(10(13)11-4-2)9-5-7-16(14,15)8-9/h9H,3-8H2,1-2H3,(H,11,13). The van der Waals surface area contributed by atoms with Crippen molar-refractivity contribution in [1.82, 2.24) is 10.2 Å². The van der Waals surface area contributed by atoms with Crippen LogP contribution in [0.2, 0.25) is 0 Å². The Labute approximate surface area is 97.1 Å². The molecule has 0 saturated carbocycles. The van der Waals surface area contributed by atoms with Gasteiger partial charge in [-0.05, 0) is 19.8 Å². The molecule has 1 aliphatic heterocycles. The summed E-state index contributed by atoms with van der Waals surface area (Å²) >= 11 is 0. The van der Waals surface area contributed by atoms with Gasteiger partial charge in [0.15, 0.2) is 9.84 Å². The molecule has 16 heavy (non-hydrogen) atoms. The molecule has 1 atom stereocenters. The van der Waals surface area contributed by atoms with Crippen molar-refractivity contribution in [3.63, 3.8) is 0 Å². The third-order valence-corrected chi connectivity index (χ3v) is 4.45. The number of rotatable bonds is 4. The Morgan fingerprint density at radius 2 is 2.12 bits per heavy atom. The maximum atomic E-state index is 11.8. The molecule has 0 aromatic heterocycles. The third-order valence-electron chi connectivity index (χ3n) is 2.70. The van der Waals surface area contributed by atoms with Crippen LogP contribution < -0.4 is 5.32 Å². The van der Waals surface area contributed by atoms with Gasteiger partial charge in [-0.2, -0.15) is 0 Å². The molecule has 2 amide bonds. The van der Waals surface area contributed by atoms with Crippen LogP contribution in [0.15, 0.2) is 0 Å². The van der Waals surface area contributed by atoms with Gasteiger partial charge in [0, 0.05) is 19.1 Å². The number of carbonyl (C=O) groups is 1. The van der Waals surface area contributed by atoms with E-state index < -0.39 is 9.84 Å². The monoisotopic (exact) mass is 248 g/mol. The largest absolute Gasteiger partial charge is 0.338 e. The molecular formula is C10H20N2O3S. The Balaban J connectivity index is 2.67. The lowest BCUT2D eigenvalue weighted by Crippen LogP contribution is -2.47. The summed E-state index contributed by atoms with van der Waals surface area (Å²) in [4.78, 5) is 13.4. The normalized spacial score (nSPS) is 23.0. The zero-order valence-electron chi connectivity index (χ0n) is 9.90. The average molecular weight is 248 g/mol. The van der Waals surface area contributed by atoms with Gasteiger partial charge in [-0.1, -0.05) is 6.92 Å². The fourth-order valence-corrected chi connectivity index (χ4v) is 3.70. The van der Waals surface area contributed by atoms with Gasteiger partial charge in [0.25, 0.3) is 0 Å². The van der Waals surface area contributed by atoms with Crippen molar-refractivity contribution in [2.45, 2.75) is 32.7 Å². The Morgan fingerprint density at radius 1 is 1.44 bits per heavy atom. The molecule has 0 spiro atoms. The summed E-state index contributed by atoms with van der Waals surface area (Å²) in [6.07, 6.45) is 1.41. The molecule has 1 rings (SSSR count). The van der Waals surface area contributed by atoms with E-state index in [1.165, 1.54) is 0 Å². The summed E-state index contributed by atoms with van der Waals surface area (Å²) in [5.41, 5.74) is 0. The molecule has 0 aromatic rings. The Kier molecular flexibility index (Phi) is 4.58. The first-order valence-electron chi connectivity index (χ1n) is 5.75. The maximum Gasteiger partial charge on any atom is 0.317 e. The zero-order chi connectivity index (χ0) is 12.2. The summed E-state index contributed by atoms with van der Waals surface area (Å²) in [6, 6.07) is -0.289. The minimum absolute atomic E-state index is 0.115. The van der Waals surface area contributed by atoms with Crippen LogP contribution in [-0.2, 0) is 9.84 Å². The van der Waals surface area contributed by atoms with E-state index in [0.717, 1.165) is 6.42 Å². The predicted octanol–water partition coefficient (Wildman–Crippen LogP) is 0.615. The highest BCUT2D eigenvalue weighted by atomic mass is 32.2. The number of nitrogens with zero attached hydrogens (tertiary/aromatic N) is 1. The van der Waals surface area contributed by atoms with E-state index in [0.29, 0.717) is 19.5 Å². The molecule has 5 nitrogen and oxygen atoms in total. The number of nitrogens with one attached hydrogen (secondary N) is 1. The molecule has 1 aliphatic rings. The lowest BCUT2D eigenvalue weighted by Gasteiger charge is -2.27. The molecule has 0 radical (unpaired) electrons. The van der Waals surface area contributed by atoms with Crippen molar-refractivity contribution < 1.29 is 13.2 Å². The number of urea groups is 1. The van der Waals surface area contributed by atoms with Crippen molar-refractivity contribution in [3.05, 3.63) is 0 Å². The highest BCUT2D eigenvalue weighted by Gasteiger charge is 2.33. The summed E-state index contributed by atoms with van der Waals surface area (Å²) < 4.78 is 22.7. The Morgan fingerprint density at radius 3 is 2.56 bits per heavy atom. The van der Waals surface area contributed by atoms with Gasteiger partial charge in [0.2, 0.25) is 0 Å². The van der Waals surface area contributed by atoms with Gasteiger partial charge in [-0.3, -0.25) is 0 Å². The van der Waals surface area contributed by atoms with Crippen molar-refractivity contribution >= 4 is 15.9 Å². The lowest BCUT2D eigenvalue weighted by molar-refractivity contribution is 0.181. The number of hydrogen-bond acceptors (Lipinski definition) is 3. The molecule has 1 saturated heterocycles. The van der Waals surface area contributed by atoms with Gasteiger partial charge in [-0.15, -0.1) is 0 Å². The smallest absolute Gasteiger partial charge is 0.317 e. The third kappa shape index (κ3) is 3.37. The minimum Gasteiger partial charge on any atom is -0.338 e. The second kappa shape index (κ2) is 5.52. The molecule has 0 aromatic carbocycles. The summed E-state index contributed by atoms with van der Waals surface area (Å²) in [5, 5.41) is 2.73. The van der Waals surface area contributed by atoms with Gasteiger partial charge in [-0.25, -0.2) is 13.2 Å². The summed E-state index contributed by atoms with van der Waals surface area (Å²) in [5.74, 6) is 0.321. The van der Waals surface area contributed by atoms with E-state index in [2.05, 4.69) is 5.32 Å². The van der Waals surface area contributed by atoms with Crippen molar-refractivity contribution in [2.75, 3.05) is 24.6 Å². The van der Waals surface area contributed by atoms with E-state index in [4.69, 9.17) is 0 Å². The van der Waals surface area contributed by atoms with Crippen LogP contribution in [0.3, 0.4) is 0 Å².